The molecule has 0 spiro atoms. The molecular weight excluding hydrogens is 285 g/mol. The Balaban J connectivity index is 2.38. The summed E-state index contributed by atoms with van der Waals surface area (Å²) in [7, 11) is 0. The van der Waals surface area contributed by atoms with Crippen molar-refractivity contribution < 1.29 is 4.39 Å². The van der Waals surface area contributed by atoms with Gasteiger partial charge in [-0.25, -0.2) is 4.39 Å². The molecule has 21 heavy (non-hydrogen) atoms. The first-order valence-corrected chi connectivity index (χ1v) is 8.43. The number of aryl methyl sites for hydroxylation is 1. The second-order valence-corrected chi connectivity index (χ2v) is 7.45. The quantitative estimate of drug-likeness (QED) is 0.740. The summed E-state index contributed by atoms with van der Waals surface area (Å²) < 4.78 is 13.7. The average Bonchev–Trinajstić information content (AvgIpc) is 2.75. The maximum Gasteiger partial charge on any atom is 0.127 e. The summed E-state index contributed by atoms with van der Waals surface area (Å²) >= 11 is 6.37. The molecule has 0 bridgehead atoms. The summed E-state index contributed by atoms with van der Waals surface area (Å²) in [5.41, 5.74) is 2.04. The molecular formula is C18H27ClFN. The first-order valence-electron chi connectivity index (χ1n) is 8.05. The Kier molecular flexibility index (Phi) is 5.32. The van der Waals surface area contributed by atoms with E-state index in [1.54, 1.807) is 0 Å². The van der Waals surface area contributed by atoms with Gasteiger partial charge >= 0.3 is 0 Å². The van der Waals surface area contributed by atoms with Gasteiger partial charge in [-0.15, -0.1) is 0 Å². The molecule has 118 valence electrons. The highest BCUT2D eigenvalue weighted by molar-refractivity contribution is 6.31. The van der Waals surface area contributed by atoms with Gasteiger partial charge in [0.1, 0.15) is 5.82 Å². The molecule has 0 heterocycles. The van der Waals surface area contributed by atoms with E-state index in [9.17, 15) is 4.39 Å². The molecule has 1 aromatic rings. The molecule has 1 aromatic carbocycles. The van der Waals surface area contributed by atoms with Crippen LogP contribution in [0.5, 0.6) is 0 Å². The van der Waals surface area contributed by atoms with E-state index in [-0.39, 0.29) is 11.9 Å². The SMILES string of the molecule is CCCNC(c1cc(C)c(F)cc1Cl)C1CCCC1(C)C. The van der Waals surface area contributed by atoms with Gasteiger partial charge in [0.05, 0.1) is 0 Å². The molecule has 0 aliphatic heterocycles. The van der Waals surface area contributed by atoms with E-state index < -0.39 is 0 Å². The van der Waals surface area contributed by atoms with E-state index in [1.807, 2.05) is 13.0 Å². The molecule has 1 nitrogen and oxygen atoms in total. The maximum absolute atomic E-state index is 13.7. The molecule has 0 aromatic heterocycles. The minimum atomic E-state index is -0.219. The highest BCUT2D eigenvalue weighted by atomic mass is 35.5. The number of nitrogens with one attached hydrogen (secondary N) is 1. The molecule has 0 saturated heterocycles. The smallest absolute Gasteiger partial charge is 0.127 e. The van der Waals surface area contributed by atoms with Crippen LogP contribution in [0.3, 0.4) is 0 Å². The van der Waals surface area contributed by atoms with Crippen molar-refractivity contribution in [3.8, 4) is 0 Å². The maximum atomic E-state index is 13.7. The Hall–Kier alpha value is -0.600. The largest absolute Gasteiger partial charge is 0.310 e. The normalized spacial score (nSPS) is 22.5. The zero-order chi connectivity index (χ0) is 15.6. The first-order chi connectivity index (χ1) is 9.86. The number of benzene rings is 1. The predicted molar refractivity (Wildman–Crippen MR) is 88.3 cm³/mol. The van der Waals surface area contributed by atoms with Gasteiger partial charge < -0.3 is 5.32 Å². The number of rotatable bonds is 5. The predicted octanol–water partition coefficient (Wildman–Crippen LogP) is 5.65. The van der Waals surface area contributed by atoms with Crippen LogP contribution >= 0.6 is 11.6 Å². The Morgan fingerprint density at radius 3 is 2.71 bits per heavy atom. The van der Waals surface area contributed by atoms with Crippen molar-refractivity contribution in [1.29, 1.82) is 0 Å². The molecule has 2 unspecified atom stereocenters. The van der Waals surface area contributed by atoms with Gasteiger partial charge in [0.15, 0.2) is 0 Å². The molecule has 0 radical (unpaired) electrons. The Morgan fingerprint density at radius 1 is 1.43 bits per heavy atom. The van der Waals surface area contributed by atoms with Crippen LogP contribution in [0.1, 0.15) is 63.6 Å². The van der Waals surface area contributed by atoms with Crippen LogP contribution in [-0.4, -0.2) is 6.54 Å². The van der Waals surface area contributed by atoms with Gasteiger partial charge in [0.25, 0.3) is 0 Å². The highest BCUT2D eigenvalue weighted by Gasteiger charge is 2.40. The van der Waals surface area contributed by atoms with Gasteiger partial charge in [-0.2, -0.15) is 0 Å². The van der Waals surface area contributed by atoms with Crippen LogP contribution in [0.15, 0.2) is 12.1 Å². The van der Waals surface area contributed by atoms with E-state index in [1.165, 1.54) is 25.3 Å². The van der Waals surface area contributed by atoms with E-state index in [2.05, 4.69) is 26.1 Å². The fraction of sp³-hybridized carbons (Fsp3) is 0.667. The van der Waals surface area contributed by atoms with Gasteiger partial charge in [0, 0.05) is 11.1 Å². The third-order valence-electron chi connectivity index (χ3n) is 4.97. The summed E-state index contributed by atoms with van der Waals surface area (Å²) in [5.74, 6) is 0.329. The molecule has 2 rings (SSSR count). The average molecular weight is 312 g/mol. The summed E-state index contributed by atoms with van der Waals surface area (Å²) in [4.78, 5) is 0. The van der Waals surface area contributed by atoms with Crippen LogP contribution in [0.2, 0.25) is 5.02 Å². The Morgan fingerprint density at radius 2 is 2.14 bits per heavy atom. The van der Waals surface area contributed by atoms with Crippen molar-refractivity contribution in [2.45, 2.75) is 59.4 Å². The van der Waals surface area contributed by atoms with E-state index in [4.69, 9.17) is 11.6 Å². The molecule has 1 fully saturated rings. The van der Waals surface area contributed by atoms with Crippen LogP contribution in [0.25, 0.3) is 0 Å². The lowest BCUT2D eigenvalue weighted by Crippen LogP contribution is -2.34. The van der Waals surface area contributed by atoms with Crippen molar-refractivity contribution in [3.63, 3.8) is 0 Å². The molecule has 1 N–H and O–H groups in total. The second kappa shape index (κ2) is 6.66. The van der Waals surface area contributed by atoms with Crippen LogP contribution in [0, 0.1) is 24.1 Å². The lowest BCUT2D eigenvalue weighted by molar-refractivity contribution is 0.197. The van der Waals surface area contributed by atoms with Crippen LogP contribution < -0.4 is 5.32 Å². The zero-order valence-corrected chi connectivity index (χ0v) is 14.4. The molecule has 3 heteroatoms. The van der Waals surface area contributed by atoms with Gasteiger partial charge in [-0.1, -0.05) is 44.9 Å². The van der Waals surface area contributed by atoms with Crippen LogP contribution in [-0.2, 0) is 0 Å². The monoisotopic (exact) mass is 311 g/mol. The zero-order valence-electron chi connectivity index (χ0n) is 13.6. The van der Waals surface area contributed by atoms with Gasteiger partial charge in [0.2, 0.25) is 0 Å². The van der Waals surface area contributed by atoms with Crippen LogP contribution in [0.4, 0.5) is 4.39 Å². The minimum absolute atomic E-state index is 0.217. The summed E-state index contributed by atoms with van der Waals surface area (Å²) in [6.45, 7) is 9.63. The fourth-order valence-electron chi connectivity index (χ4n) is 3.66. The summed E-state index contributed by atoms with van der Waals surface area (Å²) in [6, 6.07) is 3.61. The lowest BCUT2D eigenvalue weighted by atomic mass is 9.75. The molecule has 0 amide bonds. The Bertz CT molecular complexity index is 498. The van der Waals surface area contributed by atoms with Gasteiger partial charge in [-0.05, 0) is 61.3 Å². The van der Waals surface area contributed by atoms with Crippen molar-refractivity contribution in [1.82, 2.24) is 5.32 Å². The fourth-order valence-corrected chi connectivity index (χ4v) is 3.93. The number of hydrogen-bond acceptors (Lipinski definition) is 1. The van der Waals surface area contributed by atoms with Crippen molar-refractivity contribution in [2.24, 2.45) is 11.3 Å². The highest BCUT2D eigenvalue weighted by Crippen LogP contribution is 2.49. The van der Waals surface area contributed by atoms with E-state index in [0.717, 1.165) is 18.5 Å². The molecule has 1 aliphatic rings. The topological polar surface area (TPSA) is 12.0 Å². The third kappa shape index (κ3) is 3.60. The van der Waals surface area contributed by atoms with E-state index in [0.29, 0.717) is 21.9 Å². The number of hydrogen-bond donors (Lipinski definition) is 1. The van der Waals surface area contributed by atoms with Crippen molar-refractivity contribution >= 4 is 11.6 Å². The first kappa shape index (κ1) is 16.8. The lowest BCUT2D eigenvalue weighted by Gasteiger charge is -2.35. The van der Waals surface area contributed by atoms with Gasteiger partial charge in [-0.3, -0.25) is 0 Å². The minimum Gasteiger partial charge on any atom is -0.310 e. The van der Waals surface area contributed by atoms with Crippen molar-refractivity contribution in [3.05, 3.63) is 34.1 Å². The van der Waals surface area contributed by atoms with E-state index >= 15 is 0 Å². The molecule has 1 saturated carbocycles. The summed E-state index contributed by atoms with van der Waals surface area (Å²) in [5, 5.41) is 4.21. The molecule has 1 aliphatic carbocycles. The molecule has 2 atom stereocenters. The number of halogens is 2. The second-order valence-electron chi connectivity index (χ2n) is 7.04. The third-order valence-corrected chi connectivity index (χ3v) is 5.30. The summed E-state index contributed by atoms with van der Waals surface area (Å²) in [6.07, 6.45) is 4.81. The standard InChI is InChI=1S/C18H27ClFN/c1-5-9-21-17(14-7-6-8-18(14,3)4)13-10-12(2)16(20)11-15(13)19/h10-11,14,17,21H,5-9H2,1-4H3. The van der Waals surface area contributed by atoms with Crippen molar-refractivity contribution in [2.75, 3.05) is 6.54 Å². The Labute approximate surface area is 133 Å².